The minimum absolute atomic E-state index is 0.161. The summed E-state index contributed by atoms with van der Waals surface area (Å²) in [6, 6.07) is 12.8. The molecule has 1 fully saturated rings. The Morgan fingerprint density at radius 2 is 1.89 bits per heavy atom. The smallest absolute Gasteiger partial charge is 0.416 e. The summed E-state index contributed by atoms with van der Waals surface area (Å²) < 4.78 is 46.9. The molecular formula is C26H23F3N6O2. The Kier molecular flexibility index (Phi) is 6.06. The molecule has 190 valence electrons. The predicted octanol–water partition coefficient (Wildman–Crippen LogP) is 4.93. The molecule has 4 aromatic rings. The molecule has 1 aliphatic heterocycles. The molecule has 37 heavy (non-hydrogen) atoms. The molecule has 3 heterocycles. The first-order valence-corrected chi connectivity index (χ1v) is 11.6. The first-order chi connectivity index (χ1) is 17.6. The van der Waals surface area contributed by atoms with Crippen LogP contribution in [0.4, 0.5) is 24.7 Å². The molecule has 11 heteroatoms. The third-order valence-corrected chi connectivity index (χ3v) is 6.44. The normalized spacial score (nSPS) is 17.8. The lowest BCUT2D eigenvalue weighted by Gasteiger charge is -2.31. The van der Waals surface area contributed by atoms with Crippen molar-refractivity contribution in [1.29, 1.82) is 0 Å². The molecule has 8 nitrogen and oxygen atoms in total. The SMILES string of the molecule is C[C@@H]1CC[C@@H](C(N)=O)N1c1cc(C(F)(F)F)ccc1-c1cc(Oc2cccc3ccc(N)nc23)ncn1. The molecule has 1 saturated heterocycles. The number of carbonyl (C=O) groups is 1. The van der Waals surface area contributed by atoms with Gasteiger partial charge in [-0.2, -0.15) is 13.2 Å². The Labute approximate surface area is 210 Å². The van der Waals surface area contributed by atoms with Crippen LogP contribution in [-0.2, 0) is 11.0 Å². The number of carbonyl (C=O) groups excluding carboxylic acids is 1. The van der Waals surface area contributed by atoms with Crippen molar-refractivity contribution in [2.45, 2.75) is 38.0 Å². The summed E-state index contributed by atoms with van der Waals surface area (Å²) in [4.78, 5) is 26.6. The van der Waals surface area contributed by atoms with Gasteiger partial charge in [-0.05, 0) is 50.1 Å². The number of pyridine rings is 1. The Morgan fingerprint density at radius 3 is 2.65 bits per heavy atom. The largest absolute Gasteiger partial charge is 0.437 e. The van der Waals surface area contributed by atoms with Crippen LogP contribution in [0, 0.1) is 0 Å². The molecule has 0 aliphatic carbocycles. The molecule has 5 rings (SSSR count). The average Bonchev–Trinajstić information content (AvgIpc) is 3.25. The van der Waals surface area contributed by atoms with Gasteiger partial charge in [0.2, 0.25) is 11.8 Å². The van der Waals surface area contributed by atoms with Gasteiger partial charge in [0.25, 0.3) is 0 Å². The summed E-state index contributed by atoms with van der Waals surface area (Å²) in [7, 11) is 0. The van der Waals surface area contributed by atoms with Crippen molar-refractivity contribution in [2.75, 3.05) is 10.6 Å². The second-order valence-electron chi connectivity index (χ2n) is 8.89. The lowest BCUT2D eigenvalue weighted by molar-refractivity contribution is -0.137. The van der Waals surface area contributed by atoms with Crippen molar-refractivity contribution in [3.63, 3.8) is 0 Å². The van der Waals surface area contributed by atoms with Gasteiger partial charge in [-0.15, -0.1) is 0 Å². The highest BCUT2D eigenvalue weighted by Crippen LogP contribution is 2.42. The first-order valence-electron chi connectivity index (χ1n) is 11.6. The number of hydrogen-bond donors (Lipinski definition) is 2. The van der Waals surface area contributed by atoms with Crippen molar-refractivity contribution in [3.05, 3.63) is 66.5 Å². The maximum absolute atomic E-state index is 13.6. The van der Waals surface area contributed by atoms with Gasteiger partial charge >= 0.3 is 6.18 Å². The van der Waals surface area contributed by atoms with Crippen molar-refractivity contribution in [2.24, 2.45) is 5.73 Å². The molecule has 0 unspecified atom stereocenters. The summed E-state index contributed by atoms with van der Waals surface area (Å²) in [5.41, 5.74) is 12.1. The van der Waals surface area contributed by atoms with E-state index < -0.39 is 23.7 Å². The molecular weight excluding hydrogens is 485 g/mol. The second kappa shape index (κ2) is 9.23. The van der Waals surface area contributed by atoms with Crippen molar-refractivity contribution in [1.82, 2.24) is 15.0 Å². The number of para-hydroxylation sites is 1. The molecule has 0 radical (unpaired) electrons. The van der Waals surface area contributed by atoms with Gasteiger partial charge in [-0.25, -0.2) is 15.0 Å². The topological polar surface area (TPSA) is 120 Å². The number of nitrogens with zero attached hydrogens (tertiary/aromatic N) is 4. The number of halogens is 3. The zero-order chi connectivity index (χ0) is 26.3. The van der Waals surface area contributed by atoms with Crippen LogP contribution in [0.2, 0.25) is 0 Å². The number of rotatable bonds is 5. The molecule has 4 N–H and O–H groups in total. The zero-order valence-electron chi connectivity index (χ0n) is 19.7. The van der Waals surface area contributed by atoms with E-state index in [9.17, 15) is 18.0 Å². The van der Waals surface area contributed by atoms with E-state index in [1.165, 1.54) is 18.5 Å². The highest BCUT2D eigenvalue weighted by Gasteiger charge is 2.38. The van der Waals surface area contributed by atoms with Crippen LogP contribution < -0.4 is 21.1 Å². The Bertz CT molecular complexity index is 1490. The van der Waals surface area contributed by atoms with Crippen LogP contribution in [0.5, 0.6) is 11.6 Å². The summed E-state index contributed by atoms with van der Waals surface area (Å²) in [6.45, 7) is 1.85. The van der Waals surface area contributed by atoms with Crippen molar-refractivity contribution < 1.29 is 22.7 Å². The number of nitrogens with two attached hydrogens (primary N) is 2. The lowest BCUT2D eigenvalue weighted by atomic mass is 10.0. The number of ether oxygens (including phenoxy) is 1. The summed E-state index contributed by atoms with van der Waals surface area (Å²) in [6.07, 6.45) is -2.25. The number of aromatic nitrogens is 3. The van der Waals surface area contributed by atoms with Crippen molar-refractivity contribution >= 4 is 28.3 Å². The van der Waals surface area contributed by atoms with E-state index in [0.29, 0.717) is 41.2 Å². The van der Waals surface area contributed by atoms with Crippen LogP contribution in [0.15, 0.2) is 60.9 Å². The first kappa shape index (κ1) is 24.3. The minimum atomic E-state index is -4.57. The highest BCUT2D eigenvalue weighted by molar-refractivity contribution is 5.88. The van der Waals surface area contributed by atoms with Gasteiger partial charge in [0.05, 0.1) is 11.3 Å². The molecule has 2 aromatic heterocycles. The Hall–Kier alpha value is -4.41. The third-order valence-electron chi connectivity index (χ3n) is 6.44. The van der Waals surface area contributed by atoms with Gasteiger partial charge in [0.15, 0.2) is 5.75 Å². The van der Waals surface area contributed by atoms with Crippen LogP contribution in [-0.4, -0.2) is 32.9 Å². The highest BCUT2D eigenvalue weighted by atomic mass is 19.4. The van der Waals surface area contributed by atoms with Gasteiger partial charge in [0, 0.05) is 28.7 Å². The van der Waals surface area contributed by atoms with Gasteiger partial charge < -0.3 is 21.1 Å². The number of benzene rings is 2. The van der Waals surface area contributed by atoms with E-state index in [0.717, 1.165) is 17.5 Å². The fourth-order valence-electron chi connectivity index (χ4n) is 4.68. The molecule has 0 bridgehead atoms. The molecule has 2 atom stereocenters. The molecule has 1 amide bonds. The minimum Gasteiger partial charge on any atom is -0.437 e. The second-order valence-corrected chi connectivity index (χ2v) is 8.89. The summed E-state index contributed by atoms with van der Waals surface area (Å²) in [5.74, 6) is 0.296. The monoisotopic (exact) mass is 508 g/mol. The molecule has 0 spiro atoms. The standard InChI is InChI=1S/C26H23F3N6O2/c1-14-5-9-19(25(31)36)35(14)20-11-16(26(27,28)29)7-8-17(20)18-12-23(33-13-32-18)37-21-4-2-3-15-6-10-22(30)34-24(15)21/h2-4,6-8,10-14,19H,5,9H2,1H3,(H2,30,34)(H2,31,36)/t14-,19+/m1/s1. The fraction of sp³-hybridized carbons (Fsp3) is 0.231. The maximum atomic E-state index is 13.6. The van der Waals surface area contributed by atoms with E-state index in [-0.39, 0.29) is 17.6 Å². The predicted molar refractivity (Wildman–Crippen MR) is 133 cm³/mol. The van der Waals surface area contributed by atoms with Gasteiger partial charge in [-0.1, -0.05) is 18.2 Å². The summed E-state index contributed by atoms with van der Waals surface area (Å²) in [5, 5.41) is 0.812. The van der Waals surface area contributed by atoms with Crippen LogP contribution in [0.3, 0.4) is 0 Å². The Balaban J connectivity index is 1.59. The average molecular weight is 509 g/mol. The number of hydrogen-bond acceptors (Lipinski definition) is 7. The number of amides is 1. The number of anilines is 2. The van der Waals surface area contributed by atoms with E-state index >= 15 is 0 Å². The molecule has 0 saturated carbocycles. The van der Waals surface area contributed by atoms with Crippen molar-refractivity contribution in [3.8, 4) is 22.9 Å². The summed E-state index contributed by atoms with van der Waals surface area (Å²) >= 11 is 0. The number of nitrogen functional groups attached to an aromatic ring is 1. The zero-order valence-corrected chi connectivity index (χ0v) is 19.7. The van der Waals surface area contributed by atoms with Crippen LogP contribution in [0.1, 0.15) is 25.3 Å². The fourth-order valence-corrected chi connectivity index (χ4v) is 4.68. The number of fused-ring (bicyclic) bond motifs is 1. The third kappa shape index (κ3) is 4.72. The van der Waals surface area contributed by atoms with Crippen LogP contribution in [0.25, 0.3) is 22.2 Å². The number of alkyl halides is 3. The maximum Gasteiger partial charge on any atom is 0.416 e. The van der Waals surface area contributed by atoms with E-state index in [2.05, 4.69) is 15.0 Å². The van der Waals surface area contributed by atoms with E-state index in [1.54, 1.807) is 23.1 Å². The molecule has 2 aromatic carbocycles. The number of primary amides is 1. The lowest BCUT2D eigenvalue weighted by Crippen LogP contribution is -2.43. The van der Waals surface area contributed by atoms with Gasteiger partial charge in [0.1, 0.15) is 23.7 Å². The molecule has 1 aliphatic rings. The van der Waals surface area contributed by atoms with E-state index in [1.807, 2.05) is 19.1 Å². The van der Waals surface area contributed by atoms with E-state index in [4.69, 9.17) is 16.2 Å². The quantitative estimate of drug-likeness (QED) is 0.392. The Morgan fingerprint density at radius 1 is 1.08 bits per heavy atom. The van der Waals surface area contributed by atoms with Gasteiger partial charge in [-0.3, -0.25) is 4.79 Å². The van der Waals surface area contributed by atoms with Crippen LogP contribution >= 0.6 is 0 Å².